The van der Waals surface area contributed by atoms with Crippen molar-refractivity contribution in [2.75, 3.05) is 7.11 Å². The number of ether oxygens (including phenoxy) is 1. The molecule has 7 nitrogen and oxygen atoms in total. The first-order chi connectivity index (χ1) is 15.3. The molecule has 1 heterocycles. The Labute approximate surface area is 186 Å². The number of aromatic nitrogens is 2. The van der Waals surface area contributed by atoms with Crippen LogP contribution in [0.3, 0.4) is 0 Å². The van der Waals surface area contributed by atoms with Crippen molar-refractivity contribution < 1.29 is 18.7 Å². The van der Waals surface area contributed by atoms with Gasteiger partial charge in [-0.3, -0.25) is 14.6 Å². The number of hydrogen-bond acceptors (Lipinski definition) is 5. The van der Waals surface area contributed by atoms with Crippen LogP contribution in [0.15, 0.2) is 30.6 Å². The molecule has 4 fully saturated rings. The van der Waals surface area contributed by atoms with Crippen LogP contribution in [0.25, 0.3) is 0 Å². The van der Waals surface area contributed by atoms with Crippen LogP contribution in [0.4, 0.5) is 4.39 Å². The molecule has 0 aliphatic heterocycles. The maximum atomic E-state index is 13.8. The summed E-state index contributed by atoms with van der Waals surface area (Å²) in [7, 11) is 1.38. The van der Waals surface area contributed by atoms with E-state index in [-0.39, 0.29) is 28.6 Å². The second-order valence-corrected chi connectivity index (χ2v) is 9.82. The molecule has 2 aromatic rings. The summed E-state index contributed by atoms with van der Waals surface area (Å²) in [5.41, 5.74) is 0.639. The van der Waals surface area contributed by atoms with Crippen molar-refractivity contribution in [3.05, 3.63) is 53.4 Å². The SMILES string of the molecule is COc1cc(C(=O)NC23CC4CC(C2)CC(NC(=O)c2cncc(C)n2)(C4)C3)ccc1F. The zero-order valence-electron chi connectivity index (χ0n) is 18.3. The number of nitrogens with one attached hydrogen (secondary N) is 2. The molecule has 1 aromatic heterocycles. The number of hydrogen-bond donors (Lipinski definition) is 2. The second-order valence-electron chi connectivity index (χ2n) is 9.82. The van der Waals surface area contributed by atoms with Gasteiger partial charge in [0, 0.05) is 22.8 Å². The minimum Gasteiger partial charge on any atom is -0.494 e. The standard InChI is InChI=1S/C24H27FN4O3/c1-14-11-26-12-19(27-14)22(31)29-24-9-15-5-16(10-24)8-23(7-15,13-24)28-21(30)17-3-4-18(25)20(6-17)32-2/h3-4,6,11-12,15-16H,5,7-10,13H2,1-2H3,(H,28,30)(H,29,31). The lowest BCUT2D eigenvalue weighted by Crippen LogP contribution is -2.69. The van der Waals surface area contributed by atoms with Crippen molar-refractivity contribution in [2.24, 2.45) is 11.8 Å². The van der Waals surface area contributed by atoms with Gasteiger partial charge >= 0.3 is 0 Å². The van der Waals surface area contributed by atoms with Crippen molar-refractivity contribution in [3.8, 4) is 5.75 Å². The maximum Gasteiger partial charge on any atom is 0.271 e. The Morgan fingerprint density at radius 2 is 1.72 bits per heavy atom. The Balaban J connectivity index is 1.37. The molecular formula is C24H27FN4O3. The maximum absolute atomic E-state index is 13.8. The van der Waals surface area contributed by atoms with Crippen LogP contribution in [0.1, 0.15) is 65.1 Å². The molecular weight excluding hydrogens is 411 g/mol. The lowest BCUT2D eigenvalue weighted by Gasteiger charge is -2.62. The van der Waals surface area contributed by atoms with Gasteiger partial charge in [0.25, 0.3) is 11.8 Å². The van der Waals surface area contributed by atoms with Crippen molar-refractivity contribution in [3.63, 3.8) is 0 Å². The first kappa shape index (κ1) is 20.8. The highest BCUT2D eigenvalue weighted by Crippen LogP contribution is 2.57. The number of carbonyl (C=O) groups excluding carboxylic acids is 2. The van der Waals surface area contributed by atoms with Crippen LogP contribution >= 0.6 is 0 Å². The fraction of sp³-hybridized carbons (Fsp3) is 0.500. The van der Waals surface area contributed by atoms with Gasteiger partial charge in [0.2, 0.25) is 0 Å². The molecule has 4 aliphatic rings. The number of aryl methyl sites for hydroxylation is 1. The monoisotopic (exact) mass is 438 g/mol. The summed E-state index contributed by atoms with van der Waals surface area (Å²) in [6.45, 7) is 1.81. The molecule has 8 heteroatoms. The number of methoxy groups -OCH3 is 1. The topological polar surface area (TPSA) is 93.2 Å². The molecule has 168 valence electrons. The summed E-state index contributed by atoms with van der Waals surface area (Å²) in [5.74, 6) is -0.0125. The molecule has 6 rings (SSSR count). The normalized spacial score (nSPS) is 30.1. The third-order valence-corrected chi connectivity index (χ3v) is 7.22. The highest BCUT2D eigenvalue weighted by molar-refractivity contribution is 5.95. The molecule has 0 saturated heterocycles. The van der Waals surface area contributed by atoms with Gasteiger partial charge in [0.15, 0.2) is 11.6 Å². The first-order valence-corrected chi connectivity index (χ1v) is 11.1. The van der Waals surface area contributed by atoms with E-state index in [1.54, 1.807) is 6.20 Å². The predicted molar refractivity (Wildman–Crippen MR) is 115 cm³/mol. The van der Waals surface area contributed by atoms with E-state index in [1.165, 1.54) is 31.5 Å². The Bertz CT molecular complexity index is 1070. The number of benzene rings is 1. The minimum atomic E-state index is -0.500. The van der Waals surface area contributed by atoms with E-state index in [0.29, 0.717) is 35.2 Å². The molecule has 32 heavy (non-hydrogen) atoms. The summed E-state index contributed by atoms with van der Waals surface area (Å²) < 4.78 is 18.8. The predicted octanol–water partition coefficient (Wildman–Crippen LogP) is 3.18. The summed E-state index contributed by atoms with van der Waals surface area (Å²) >= 11 is 0. The van der Waals surface area contributed by atoms with Gasteiger partial charge in [-0.1, -0.05) is 0 Å². The van der Waals surface area contributed by atoms with E-state index in [2.05, 4.69) is 20.6 Å². The lowest BCUT2D eigenvalue weighted by molar-refractivity contribution is -0.0448. The van der Waals surface area contributed by atoms with E-state index in [0.717, 1.165) is 32.1 Å². The van der Waals surface area contributed by atoms with Crippen molar-refractivity contribution in [2.45, 2.75) is 56.5 Å². The van der Waals surface area contributed by atoms with E-state index in [1.807, 2.05) is 6.92 Å². The number of carbonyl (C=O) groups is 2. The molecule has 4 saturated carbocycles. The Morgan fingerprint density at radius 3 is 2.34 bits per heavy atom. The Morgan fingerprint density at radius 1 is 1.06 bits per heavy atom. The zero-order valence-corrected chi connectivity index (χ0v) is 18.3. The van der Waals surface area contributed by atoms with Crippen LogP contribution in [0.5, 0.6) is 5.75 Å². The van der Waals surface area contributed by atoms with Gasteiger partial charge in [0.1, 0.15) is 5.69 Å². The fourth-order valence-electron chi connectivity index (χ4n) is 6.55. The van der Waals surface area contributed by atoms with E-state index in [4.69, 9.17) is 4.74 Å². The average molecular weight is 439 g/mol. The molecule has 2 N–H and O–H groups in total. The smallest absolute Gasteiger partial charge is 0.271 e. The third kappa shape index (κ3) is 3.72. The first-order valence-electron chi connectivity index (χ1n) is 11.1. The molecule has 4 bridgehead atoms. The van der Waals surface area contributed by atoms with E-state index in [9.17, 15) is 14.0 Å². The summed E-state index contributed by atoms with van der Waals surface area (Å²) in [6.07, 6.45) is 8.54. The molecule has 2 atom stereocenters. The van der Waals surface area contributed by atoms with Crippen molar-refractivity contribution in [1.82, 2.24) is 20.6 Å². The van der Waals surface area contributed by atoms with Crippen molar-refractivity contribution in [1.29, 1.82) is 0 Å². The fourth-order valence-corrected chi connectivity index (χ4v) is 6.55. The second kappa shape index (κ2) is 7.53. The van der Waals surface area contributed by atoms with Crippen LogP contribution in [0, 0.1) is 24.6 Å². The number of halogens is 1. The van der Waals surface area contributed by atoms with Gasteiger partial charge in [-0.15, -0.1) is 0 Å². The minimum absolute atomic E-state index is 0.0474. The molecule has 4 aliphatic carbocycles. The third-order valence-electron chi connectivity index (χ3n) is 7.22. The number of nitrogens with zero attached hydrogens (tertiary/aromatic N) is 2. The quantitative estimate of drug-likeness (QED) is 0.748. The van der Waals surface area contributed by atoms with Crippen LogP contribution in [-0.2, 0) is 0 Å². The summed E-state index contributed by atoms with van der Waals surface area (Å²) in [4.78, 5) is 34.5. The van der Waals surface area contributed by atoms with E-state index < -0.39 is 5.82 Å². The van der Waals surface area contributed by atoms with Gasteiger partial charge < -0.3 is 15.4 Å². The Hall–Kier alpha value is -3.03. The van der Waals surface area contributed by atoms with Crippen molar-refractivity contribution >= 4 is 11.8 Å². The van der Waals surface area contributed by atoms with Gasteiger partial charge in [-0.05, 0) is 75.5 Å². The average Bonchev–Trinajstić information content (AvgIpc) is 2.72. The zero-order chi connectivity index (χ0) is 22.5. The highest BCUT2D eigenvalue weighted by atomic mass is 19.1. The molecule has 2 amide bonds. The molecule has 0 spiro atoms. The Kier molecular flexibility index (Phi) is 4.91. The van der Waals surface area contributed by atoms with Crippen LogP contribution < -0.4 is 15.4 Å². The highest BCUT2D eigenvalue weighted by Gasteiger charge is 2.58. The number of rotatable bonds is 5. The molecule has 1 aromatic carbocycles. The summed E-state index contributed by atoms with van der Waals surface area (Å²) in [6, 6.07) is 4.15. The molecule has 2 unspecified atom stereocenters. The van der Waals surface area contributed by atoms with Crippen LogP contribution in [0.2, 0.25) is 0 Å². The largest absolute Gasteiger partial charge is 0.494 e. The lowest BCUT2D eigenvalue weighted by atomic mass is 9.49. The van der Waals surface area contributed by atoms with E-state index >= 15 is 0 Å². The van der Waals surface area contributed by atoms with Crippen LogP contribution in [-0.4, -0.2) is 40.0 Å². The van der Waals surface area contributed by atoms with Gasteiger partial charge in [-0.2, -0.15) is 0 Å². The molecule has 0 radical (unpaired) electrons. The summed E-state index contributed by atoms with van der Waals surface area (Å²) in [5, 5.41) is 6.53. The van der Waals surface area contributed by atoms with Gasteiger partial charge in [0.05, 0.1) is 19.0 Å². The van der Waals surface area contributed by atoms with Gasteiger partial charge in [-0.25, -0.2) is 9.37 Å². The number of amides is 2.